The van der Waals surface area contributed by atoms with Crippen LogP contribution in [-0.2, 0) is 32.5 Å². The van der Waals surface area contributed by atoms with Gasteiger partial charge in [-0.25, -0.2) is 0 Å². The standard InChI is InChI=1S/C60H65BN2S3/c1-55(2)28-31-58(7,8)50-45(55)42(35-64-50)63-41-27-26-40(62(38-23-17-14-18-24-38)39-25-19-22-37(34-39)36-20-15-13-16-21-36)43-44-46-51(59(9,10)32-29-56(46,3)4)65-53(44)61(48(41)43)54-49(63)47-52(66-54)60(11,12)33-30-57(47,5)6/h13-27,34-35H,28-33H2,1-12H3. The number of para-hydroxylation sites is 1. The third kappa shape index (κ3) is 6.02. The zero-order valence-corrected chi connectivity index (χ0v) is 43.7. The highest BCUT2D eigenvalue weighted by Gasteiger charge is 2.56. The van der Waals surface area contributed by atoms with Crippen molar-refractivity contribution in [3.8, 4) is 22.3 Å². The Morgan fingerprint density at radius 1 is 0.470 bits per heavy atom. The molecule has 0 spiro atoms. The molecule has 66 heavy (non-hydrogen) atoms. The summed E-state index contributed by atoms with van der Waals surface area (Å²) in [5, 5.41) is 2.58. The largest absolute Gasteiger partial charge is 0.310 e. The van der Waals surface area contributed by atoms with E-state index in [9.17, 15) is 0 Å². The van der Waals surface area contributed by atoms with E-state index in [1.165, 1.54) is 100 Å². The lowest BCUT2D eigenvalue weighted by molar-refractivity contribution is 0.338. The number of hydrogen-bond donors (Lipinski definition) is 0. The Morgan fingerprint density at radius 2 is 1.00 bits per heavy atom. The van der Waals surface area contributed by atoms with Gasteiger partial charge in [0.1, 0.15) is 0 Å². The minimum absolute atomic E-state index is 0.0381. The monoisotopic (exact) mass is 920 g/mol. The predicted octanol–water partition coefficient (Wildman–Crippen LogP) is 16.3. The first-order valence-electron chi connectivity index (χ1n) is 24.7. The van der Waals surface area contributed by atoms with Crippen LogP contribution in [-0.4, -0.2) is 6.71 Å². The number of benzene rings is 4. The van der Waals surface area contributed by atoms with E-state index in [1.807, 2.05) is 11.3 Å². The molecule has 0 radical (unpaired) electrons. The maximum Gasteiger partial charge on any atom is 0.273 e. The summed E-state index contributed by atoms with van der Waals surface area (Å²) >= 11 is 6.39. The number of rotatable bonds is 5. The normalized spacial score (nSPS) is 20.4. The van der Waals surface area contributed by atoms with Crippen molar-refractivity contribution in [3.05, 3.63) is 134 Å². The van der Waals surface area contributed by atoms with Crippen LogP contribution >= 0.6 is 34.0 Å². The van der Waals surface area contributed by atoms with Crippen molar-refractivity contribution in [1.29, 1.82) is 0 Å². The van der Waals surface area contributed by atoms with E-state index in [0.29, 0.717) is 0 Å². The Bertz CT molecular complexity index is 3120. The first kappa shape index (κ1) is 43.0. The van der Waals surface area contributed by atoms with Crippen LogP contribution in [0.5, 0.6) is 0 Å². The van der Waals surface area contributed by atoms with Gasteiger partial charge in [0.2, 0.25) is 0 Å². The lowest BCUT2D eigenvalue weighted by Gasteiger charge is -2.45. The topological polar surface area (TPSA) is 6.48 Å². The predicted molar refractivity (Wildman–Crippen MR) is 291 cm³/mol. The lowest BCUT2D eigenvalue weighted by atomic mass is 9.42. The Kier molecular flexibility index (Phi) is 9.19. The minimum Gasteiger partial charge on any atom is -0.310 e. The third-order valence-electron chi connectivity index (χ3n) is 17.1. The molecule has 6 heteroatoms. The Hall–Kier alpha value is -4.36. The van der Waals surface area contributed by atoms with E-state index in [2.05, 4.69) is 218 Å². The van der Waals surface area contributed by atoms with Gasteiger partial charge < -0.3 is 9.80 Å². The van der Waals surface area contributed by atoms with Crippen LogP contribution in [0.15, 0.2) is 102 Å². The fraction of sp³-hybridized carbons (Fsp3) is 0.400. The van der Waals surface area contributed by atoms with Crippen molar-refractivity contribution in [2.75, 3.05) is 9.80 Å². The molecule has 2 aliphatic heterocycles. The summed E-state index contributed by atoms with van der Waals surface area (Å²) in [7, 11) is 0. The highest BCUT2D eigenvalue weighted by molar-refractivity contribution is 7.37. The number of anilines is 6. The summed E-state index contributed by atoms with van der Waals surface area (Å²) in [6.07, 6.45) is 7.22. The molecule has 5 heterocycles. The SMILES string of the molecule is CC1(C)CCC(C)(C)c2c(N3c4ccc(N(c5ccccc5)c5cccc(-c6ccccc6)c5)c5c4B(c4sc6c(c4-5)C(C)(C)CCC6(C)C)c4sc5c(c43)C(C)(C)CCC5(C)C)csc21. The van der Waals surface area contributed by atoms with Crippen LogP contribution < -0.4 is 24.8 Å². The molecule has 0 saturated heterocycles. The molecular formula is C60H65BN2S3. The molecule has 0 saturated carbocycles. The van der Waals surface area contributed by atoms with Crippen LogP contribution in [0.25, 0.3) is 22.3 Å². The Balaban J connectivity index is 1.23. The van der Waals surface area contributed by atoms with Gasteiger partial charge >= 0.3 is 0 Å². The summed E-state index contributed by atoms with van der Waals surface area (Å²) < 4.78 is 3.16. The summed E-state index contributed by atoms with van der Waals surface area (Å²) in [6, 6.07) is 36.5. The maximum atomic E-state index is 2.87. The molecule has 5 aliphatic rings. The molecule has 0 atom stereocenters. The second-order valence-electron chi connectivity index (χ2n) is 24.4. The van der Waals surface area contributed by atoms with E-state index in [0.717, 1.165) is 0 Å². The van der Waals surface area contributed by atoms with Gasteiger partial charge in [0, 0.05) is 47.4 Å². The third-order valence-corrected chi connectivity index (χ3v) is 21.6. The van der Waals surface area contributed by atoms with E-state index >= 15 is 0 Å². The van der Waals surface area contributed by atoms with E-state index in [1.54, 1.807) is 40.9 Å². The molecule has 0 unspecified atom stereocenters. The van der Waals surface area contributed by atoms with Crippen LogP contribution in [0.3, 0.4) is 0 Å². The van der Waals surface area contributed by atoms with Gasteiger partial charge in [0.15, 0.2) is 0 Å². The Morgan fingerprint density at radius 3 is 1.67 bits per heavy atom. The molecule has 3 aliphatic carbocycles. The number of nitrogens with zero attached hydrogens (tertiary/aromatic N) is 2. The van der Waals surface area contributed by atoms with Crippen molar-refractivity contribution in [2.45, 2.75) is 154 Å². The van der Waals surface area contributed by atoms with Crippen molar-refractivity contribution >= 4 is 89.9 Å². The number of hydrogen-bond acceptors (Lipinski definition) is 5. The zero-order chi connectivity index (χ0) is 46.1. The van der Waals surface area contributed by atoms with Crippen LogP contribution in [0.2, 0.25) is 0 Å². The van der Waals surface area contributed by atoms with Gasteiger partial charge in [-0.1, -0.05) is 144 Å². The summed E-state index contributed by atoms with van der Waals surface area (Å²) in [4.78, 5) is 10.3. The van der Waals surface area contributed by atoms with Crippen molar-refractivity contribution in [3.63, 3.8) is 0 Å². The average molecular weight is 921 g/mol. The van der Waals surface area contributed by atoms with Gasteiger partial charge in [-0.05, 0) is 151 Å². The van der Waals surface area contributed by atoms with Gasteiger partial charge in [0.25, 0.3) is 6.71 Å². The molecule has 7 aromatic rings. The molecule has 336 valence electrons. The zero-order valence-electron chi connectivity index (χ0n) is 41.3. The lowest BCUT2D eigenvalue weighted by Crippen LogP contribution is -2.53. The first-order chi connectivity index (χ1) is 31.2. The smallest absolute Gasteiger partial charge is 0.273 e. The molecule has 2 nitrogen and oxygen atoms in total. The van der Waals surface area contributed by atoms with Gasteiger partial charge in [-0.2, -0.15) is 22.7 Å². The van der Waals surface area contributed by atoms with Gasteiger partial charge in [-0.15, -0.1) is 11.3 Å². The van der Waals surface area contributed by atoms with E-state index in [4.69, 9.17) is 0 Å². The molecule has 3 aromatic heterocycles. The van der Waals surface area contributed by atoms with E-state index in [-0.39, 0.29) is 39.2 Å². The molecule has 0 bridgehead atoms. The molecule has 4 aromatic carbocycles. The molecular weight excluding hydrogens is 856 g/mol. The molecule has 0 amide bonds. The molecule has 0 fully saturated rings. The maximum absolute atomic E-state index is 2.87. The molecule has 0 N–H and O–H groups in total. The number of fused-ring (bicyclic) bond motifs is 10. The first-order valence-corrected chi connectivity index (χ1v) is 27.2. The highest BCUT2D eigenvalue weighted by atomic mass is 32.1. The average Bonchev–Trinajstić information content (AvgIpc) is 4.08. The van der Waals surface area contributed by atoms with Crippen molar-refractivity contribution < 1.29 is 0 Å². The molecule has 12 rings (SSSR count). The summed E-state index contributed by atoms with van der Waals surface area (Å²) in [6.45, 7) is 30.6. The summed E-state index contributed by atoms with van der Waals surface area (Å²) in [5.74, 6) is 0. The quantitative estimate of drug-likeness (QED) is 0.159. The van der Waals surface area contributed by atoms with Crippen LogP contribution in [0.1, 0.15) is 153 Å². The second kappa shape index (κ2) is 14.1. The van der Waals surface area contributed by atoms with Crippen molar-refractivity contribution in [2.24, 2.45) is 0 Å². The fourth-order valence-corrected chi connectivity index (χ4v) is 17.9. The van der Waals surface area contributed by atoms with E-state index < -0.39 is 0 Å². The van der Waals surface area contributed by atoms with Gasteiger partial charge in [-0.3, -0.25) is 0 Å². The van der Waals surface area contributed by atoms with Crippen LogP contribution in [0.4, 0.5) is 34.1 Å². The Labute approximate surface area is 407 Å². The van der Waals surface area contributed by atoms with Crippen molar-refractivity contribution in [1.82, 2.24) is 0 Å². The summed E-state index contributed by atoms with van der Waals surface area (Å²) in [5.41, 5.74) is 20.3. The highest BCUT2D eigenvalue weighted by Crippen LogP contribution is 2.62. The number of thiophene rings is 3. The minimum atomic E-state index is 0.0381. The van der Waals surface area contributed by atoms with Gasteiger partial charge in [0.05, 0.1) is 17.1 Å². The van der Waals surface area contributed by atoms with Crippen LogP contribution in [0, 0.1) is 0 Å². The fourth-order valence-electron chi connectivity index (χ4n) is 13.0. The second-order valence-corrected chi connectivity index (χ2v) is 27.4.